The van der Waals surface area contributed by atoms with Gasteiger partial charge in [0.15, 0.2) is 0 Å². The summed E-state index contributed by atoms with van der Waals surface area (Å²) in [5.41, 5.74) is 12.0. The Labute approximate surface area is 271 Å². The number of halogens is 2. The number of nitrogens with one attached hydrogen (secondary N) is 2. The van der Waals surface area contributed by atoms with E-state index in [0.29, 0.717) is 17.7 Å². The number of aromatic carboxylic acids is 1. The Hall–Kier alpha value is -5.87. The van der Waals surface area contributed by atoms with E-state index in [2.05, 4.69) is 25.3 Å². The topological polar surface area (TPSA) is 241 Å². The number of hydrogen-bond acceptors (Lipinski definition) is 12. The third kappa shape index (κ3) is 7.69. The molecule has 5 rings (SSSR count). The molecule has 0 unspecified atom stereocenters. The number of ether oxygens (including phenoxy) is 1. The summed E-state index contributed by atoms with van der Waals surface area (Å²) in [4.78, 5) is 65.2. The monoisotopic (exact) mass is 669 g/mol. The molecule has 0 fully saturated rings. The van der Waals surface area contributed by atoms with Crippen LogP contribution in [0, 0.1) is 12.7 Å². The highest BCUT2D eigenvalue weighted by molar-refractivity contribution is 5.96. The molecule has 47 heavy (non-hydrogen) atoms. The van der Waals surface area contributed by atoms with E-state index in [0.717, 1.165) is 33.4 Å². The molecule has 0 aliphatic carbocycles. The van der Waals surface area contributed by atoms with Gasteiger partial charge in [-0.15, -0.1) is 12.4 Å². The van der Waals surface area contributed by atoms with Crippen LogP contribution in [0.2, 0.25) is 0 Å². The van der Waals surface area contributed by atoms with Gasteiger partial charge in [-0.25, -0.2) is 28.3 Å². The number of imidazole rings is 1. The third-order valence-corrected chi connectivity index (χ3v) is 6.86. The fourth-order valence-corrected chi connectivity index (χ4v) is 4.32. The molecule has 0 atom stereocenters. The van der Waals surface area contributed by atoms with E-state index < -0.39 is 40.4 Å². The number of aromatic hydroxyl groups is 1. The summed E-state index contributed by atoms with van der Waals surface area (Å²) >= 11 is 0. The fourth-order valence-electron chi connectivity index (χ4n) is 4.32. The Kier molecular flexibility index (Phi) is 11.3. The van der Waals surface area contributed by atoms with Gasteiger partial charge in [0.05, 0.1) is 18.9 Å². The Bertz CT molecular complexity index is 2060. The highest BCUT2D eigenvalue weighted by Crippen LogP contribution is 2.17. The smallest absolute Gasteiger partial charge is 0.353 e. The Morgan fingerprint density at radius 2 is 1.77 bits per heavy atom. The van der Waals surface area contributed by atoms with Crippen LogP contribution in [0.25, 0.3) is 5.78 Å². The largest absolute Gasteiger partial charge is 0.493 e. The number of nitrogens with two attached hydrogens (primary N) is 2. The van der Waals surface area contributed by atoms with E-state index in [4.69, 9.17) is 11.5 Å². The lowest BCUT2D eigenvalue weighted by Crippen LogP contribution is -2.37. The molecule has 2 heterocycles. The number of benzene rings is 2. The number of nitrogens with zero attached hydrogens (tertiary/aromatic N) is 3. The second-order valence-electron chi connectivity index (χ2n) is 9.83. The summed E-state index contributed by atoms with van der Waals surface area (Å²) in [6, 6.07) is 10.5. The SMILES string of the molecule is COC(=O)c1ccc(CNC(=O)c2cc(C(=O)O)n3c(O)cnc3n2)c(C)c1.Cl.NCc1ccc(F)c(CNc2c(N)c(=O)c2=O)c1. The zero-order valence-corrected chi connectivity index (χ0v) is 25.7. The van der Waals surface area contributed by atoms with Gasteiger partial charge in [0.1, 0.15) is 28.6 Å². The van der Waals surface area contributed by atoms with Crippen LogP contribution in [0.1, 0.15) is 53.6 Å². The minimum Gasteiger partial charge on any atom is -0.493 e. The van der Waals surface area contributed by atoms with Crippen molar-refractivity contribution in [3.05, 3.63) is 114 Å². The predicted molar refractivity (Wildman–Crippen MR) is 170 cm³/mol. The number of esters is 1. The summed E-state index contributed by atoms with van der Waals surface area (Å²) in [6.07, 6.45) is 1.04. The number of rotatable bonds is 9. The van der Waals surface area contributed by atoms with Gasteiger partial charge in [0, 0.05) is 31.3 Å². The second kappa shape index (κ2) is 14.9. The van der Waals surface area contributed by atoms with Crippen molar-refractivity contribution in [1.29, 1.82) is 0 Å². The van der Waals surface area contributed by atoms with Gasteiger partial charge in [-0.2, -0.15) is 0 Å². The molecule has 0 bridgehead atoms. The number of carboxylic acids is 1. The van der Waals surface area contributed by atoms with Crippen LogP contribution >= 0.6 is 12.4 Å². The maximum Gasteiger partial charge on any atom is 0.353 e. The maximum atomic E-state index is 13.5. The Morgan fingerprint density at radius 3 is 2.38 bits per heavy atom. The molecular formula is C30H29ClFN7O8. The van der Waals surface area contributed by atoms with Crippen molar-refractivity contribution in [2.75, 3.05) is 18.2 Å². The first-order valence-electron chi connectivity index (χ1n) is 13.4. The number of anilines is 2. The Morgan fingerprint density at radius 1 is 1.04 bits per heavy atom. The lowest BCUT2D eigenvalue weighted by Gasteiger charge is -2.11. The molecule has 0 aliphatic rings. The molecule has 17 heteroatoms. The predicted octanol–water partition coefficient (Wildman–Crippen LogP) is 1.65. The van der Waals surface area contributed by atoms with Crippen molar-refractivity contribution in [2.45, 2.75) is 26.6 Å². The summed E-state index contributed by atoms with van der Waals surface area (Å²) in [6.45, 7) is 2.30. The molecule has 1 amide bonds. The molecule has 0 aliphatic heterocycles. The zero-order valence-electron chi connectivity index (χ0n) is 24.9. The van der Waals surface area contributed by atoms with E-state index in [1.165, 1.54) is 13.2 Å². The van der Waals surface area contributed by atoms with E-state index in [-0.39, 0.29) is 54.0 Å². The summed E-state index contributed by atoms with van der Waals surface area (Å²) in [7, 11) is 1.29. The number of aryl methyl sites for hydroxylation is 1. The summed E-state index contributed by atoms with van der Waals surface area (Å²) in [5.74, 6) is -3.32. The summed E-state index contributed by atoms with van der Waals surface area (Å²) < 4.78 is 19.1. The van der Waals surface area contributed by atoms with Gasteiger partial charge in [-0.1, -0.05) is 12.1 Å². The van der Waals surface area contributed by atoms with Crippen molar-refractivity contribution >= 4 is 47.4 Å². The first-order valence-corrected chi connectivity index (χ1v) is 13.4. The number of aromatic nitrogens is 3. The first-order chi connectivity index (χ1) is 21.9. The highest BCUT2D eigenvalue weighted by atomic mass is 35.5. The number of amides is 1. The second-order valence-corrected chi connectivity index (χ2v) is 9.83. The molecule has 0 spiro atoms. The number of nitrogen functional groups attached to an aromatic ring is 1. The van der Waals surface area contributed by atoms with Gasteiger partial charge in [0.2, 0.25) is 11.7 Å². The van der Waals surface area contributed by atoms with Crippen molar-refractivity contribution in [3.8, 4) is 5.88 Å². The number of carbonyl (C=O) groups excluding carboxylic acids is 2. The van der Waals surface area contributed by atoms with E-state index >= 15 is 0 Å². The Balaban J connectivity index is 0.000000274. The molecular weight excluding hydrogens is 641 g/mol. The fraction of sp³-hybridized carbons (Fsp3) is 0.167. The molecule has 15 nitrogen and oxygen atoms in total. The number of fused-ring (bicyclic) bond motifs is 1. The molecule has 3 aromatic carbocycles. The van der Waals surface area contributed by atoms with Crippen molar-refractivity contribution in [3.63, 3.8) is 0 Å². The van der Waals surface area contributed by atoms with Crippen LogP contribution < -0.4 is 33.0 Å². The minimum absolute atomic E-state index is 0. The molecule has 2 aromatic heterocycles. The number of carbonyl (C=O) groups is 3. The molecule has 0 saturated heterocycles. The highest BCUT2D eigenvalue weighted by Gasteiger charge is 2.20. The maximum absolute atomic E-state index is 13.5. The molecule has 5 aromatic rings. The third-order valence-electron chi connectivity index (χ3n) is 6.86. The van der Waals surface area contributed by atoms with E-state index in [1.54, 1.807) is 37.3 Å². The van der Waals surface area contributed by atoms with Crippen molar-refractivity contribution < 1.29 is 33.7 Å². The van der Waals surface area contributed by atoms with Gasteiger partial charge in [-0.05, 0) is 47.9 Å². The van der Waals surface area contributed by atoms with Crippen LogP contribution in [-0.4, -0.2) is 49.5 Å². The quantitative estimate of drug-likeness (QED) is 0.0967. The molecule has 246 valence electrons. The average Bonchev–Trinajstić information content (AvgIpc) is 3.44. The normalized spacial score (nSPS) is 10.5. The number of hydrogen-bond donors (Lipinski definition) is 6. The lowest BCUT2D eigenvalue weighted by atomic mass is 10.0. The van der Waals surface area contributed by atoms with Gasteiger partial charge < -0.3 is 37.1 Å². The number of methoxy groups -OCH3 is 1. The summed E-state index contributed by atoms with van der Waals surface area (Å²) in [5, 5.41) is 24.3. The van der Waals surface area contributed by atoms with Gasteiger partial charge >= 0.3 is 11.9 Å². The molecule has 0 radical (unpaired) electrons. The van der Waals surface area contributed by atoms with Crippen LogP contribution in [-0.2, 0) is 24.4 Å². The lowest BCUT2D eigenvalue weighted by molar-refractivity contribution is 0.0599. The van der Waals surface area contributed by atoms with Gasteiger partial charge in [-0.3, -0.25) is 14.4 Å². The number of carboxylic acid groups (broad SMARTS) is 1. The van der Waals surface area contributed by atoms with Crippen LogP contribution in [0.3, 0.4) is 0 Å². The average molecular weight is 670 g/mol. The van der Waals surface area contributed by atoms with Crippen LogP contribution in [0.5, 0.6) is 5.88 Å². The van der Waals surface area contributed by atoms with E-state index in [1.807, 2.05) is 0 Å². The van der Waals surface area contributed by atoms with E-state index in [9.17, 15) is 38.6 Å². The molecule has 8 N–H and O–H groups in total. The minimum atomic E-state index is -1.34. The standard InChI is InChI=1S/C18H16N4O6.C12H12FN3O2.ClH/c1-9-5-10(17(27)28-2)3-4-11(9)7-19-15(24)12-6-13(16(25)26)22-14(23)8-20-18(22)21-12;13-8-2-1-6(4-14)3-7(8)5-16-10-9(15)11(17)12(10)18;/h3-6,8,23H,7H2,1-2H3,(H,19,24)(H,25,26);1-3,16H,4-5,14-15H2;1H. The van der Waals surface area contributed by atoms with Crippen LogP contribution in [0.15, 0.2) is 58.3 Å². The van der Waals surface area contributed by atoms with Crippen LogP contribution in [0.4, 0.5) is 15.8 Å². The zero-order chi connectivity index (χ0) is 33.7. The van der Waals surface area contributed by atoms with Crippen molar-refractivity contribution in [1.82, 2.24) is 19.7 Å². The van der Waals surface area contributed by atoms with Crippen molar-refractivity contribution in [2.24, 2.45) is 5.73 Å². The molecule has 0 saturated carbocycles. The first kappa shape index (κ1) is 35.6. The van der Waals surface area contributed by atoms with Gasteiger partial charge in [0.25, 0.3) is 16.8 Å².